The maximum atomic E-state index is 2.19. The van der Waals surface area contributed by atoms with Gasteiger partial charge in [-0.1, -0.05) is 32.0 Å². The normalized spacial score (nSPS) is 10.8. The molecule has 0 unspecified atom stereocenters. The van der Waals surface area contributed by atoms with Crippen LogP contribution >= 0.6 is 0 Å². The van der Waals surface area contributed by atoms with E-state index < -0.39 is 0 Å². The van der Waals surface area contributed by atoms with Crippen LogP contribution in [0.4, 0.5) is 0 Å². The molecule has 0 aliphatic carbocycles. The van der Waals surface area contributed by atoms with Gasteiger partial charge in [-0.2, -0.15) is 0 Å². The molecule has 1 radical (unpaired) electrons. The van der Waals surface area contributed by atoms with E-state index >= 15 is 0 Å². The molecule has 1 aromatic rings. The average molecular weight is 161 g/mol. The molecular formula is C12H17. The van der Waals surface area contributed by atoms with Gasteiger partial charge in [0.05, 0.1) is 0 Å². The van der Waals surface area contributed by atoms with E-state index in [0.29, 0.717) is 0 Å². The molecule has 0 spiro atoms. The first-order chi connectivity index (χ1) is 5.61. The van der Waals surface area contributed by atoms with Crippen molar-refractivity contribution in [3.63, 3.8) is 0 Å². The largest absolute Gasteiger partial charge is 0.0617 e. The van der Waals surface area contributed by atoms with Crippen molar-refractivity contribution in [2.45, 2.75) is 34.1 Å². The van der Waals surface area contributed by atoms with Crippen LogP contribution in [0.5, 0.6) is 0 Å². The molecule has 0 saturated heterocycles. The Bertz CT molecular complexity index is 238. The maximum Gasteiger partial charge on any atom is -0.0217 e. The minimum atomic E-state index is 1.12. The lowest BCUT2D eigenvalue weighted by atomic mass is 9.95. The van der Waals surface area contributed by atoms with E-state index in [9.17, 15) is 0 Å². The molecule has 0 aromatic heterocycles. The van der Waals surface area contributed by atoms with Crippen LogP contribution in [-0.4, -0.2) is 0 Å². The van der Waals surface area contributed by atoms with Crippen molar-refractivity contribution in [1.82, 2.24) is 0 Å². The third-order valence-electron chi connectivity index (χ3n) is 2.17. The highest BCUT2D eigenvalue weighted by Crippen LogP contribution is 2.17. The van der Waals surface area contributed by atoms with Gasteiger partial charge >= 0.3 is 0 Å². The van der Waals surface area contributed by atoms with Crippen molar-refractivity contribution in [1.29, 1.82) is 0 Å². The molecule has 0 heteroatoms. The molecule has 0 fully saturated rings. The number of rotatable bonds is 2. The van der Waals surface area contributed by atoms with Gasteiger partial charge in [-0.15, -0.1) is 0 Å². The van der Waals surface area contributed by atoms with E-state index in [4.69, 9.17) is 0 Å². The monoisotopic (exact) mass is 161 g/mol. The zero-order valence-corrected chi connectivity index (χ0v) is 8.44. The molecule has 0 aliphatic heterocycles. The SMILES string of the molecule is C[C](C)Cc1c(C)cccc1C. The Labute approximate surface area is 75.6 Å². The molecule has 0 atom stereocenters. The first kappa shape index (κ1) is 9.31. The summed E-state index contributed by atoms with van der Waals surface area (Å²) in [7, 11) is 0. The predicted molar refractivity (Wildman–Crippen MR) is 54.2 cm³/mol. The number of hydrogen-bond donors (Lipinski definition) is 0. The second kappa shape index (κ2) is 3.75. The highest BCUT2D eigenvalue weighted by Gasteiger charge is 2.03. The minimum Gasteiger partial charge on any atom is -0.0617 e. The minimum absolute atomic E-state index is 1.12. The van der Waals surface area contributed by atoms with E-state index in [0.717, 1.165) is 6.42 Å². The number of hydrogen-bond acceptors (Lipinski definition) is 0. The number of benzene rings is 1. The van der Waals surface area contributed by atoms with Gasteiger partial charge in [0, 0.05) is 0 Å². The molecule has 1 rings (SSSR count). The van der Waals surface area contributed by atoms with Crippen LogP contribution in [0.1, 0.15) is 30.5 Å². The Kier molecular flexibility index (Phi) is 2.91. The van der Waals surface area contributed by atoms with E-state index in [1.165, 1.54) is 22.6 Å². The molecule has 0 heterocycles. The summed E-state index contributed by atoms with van der Waals surface area (Å²) in [5.41, 5.74) is 4.32. The molecule has 0 bridgehead atoms. The Morgan fingerprint density at radius 1 is 1.08 bits per heavy atom. The molecule has 0 aliphatic rings. The van der Waals surface area contributed by atoms with Gasteiger partial charge in [-0.05, 0) is 42.9 Å². The molecule has 12 heavy (non-hydrogen) atoms. The quantitative estimate of drug-likeness (QED) is 0.623. The molecule has 0 amide bonds. The second-order valence-corrected chi connectivity index (χ2v) is 3.75. The molecular weight excluding hydrogens is 144 g/mol. The van der Waals surface area contributed by atoms with E-state index in [2.05, 4.69) is 45.9 Å². The van der Waals surface area contributed by atoms with Gasteiger partial charge in [0.25, 0.3) is 0 Å². The van der Waals surface area contributed by atoms with Crippen LogP contribution < -0.4 is 0 Å². The van der Waals surface area contributed by atoms with Crippen molar-refractivity contribution < 1.29 is 0 Å². The van der Waals surface area contributed by atoms with E-state index in [1.807, 2.05) is 0 Å². The Morgan fingerprint density at radius 3 is 2.00 bits per heavy atom. The lowest BCUT2D eigenvalue weighted by Crippen LogP contribution is -1.97. The van der Waals surface area contributed by atoms with Gasteiger partial charge in [0.15, 0.2) is 0 Å². The van der Waals surface area contributed by atoms with Crippen LogP contribution in [0.25, 0.3) is 0 Å². The molecule has 1 aromatic carbocycles. The second-order valence-electron chi connectivity index (χ2n) is 3.75. The Morgan fingerprint density at radius 2 is 1.58 bits per heavy atom. The van der Waals surface area contributed by atoms with Gasteiger partial charge in [-0.25, -0.2) is 0 Å². The first-order valence-corrected chi connectivity index (χ1v) is 4.45. The summed E-state index contributed by atoms with van der Waals surface area (Å²) < 4.78 is 0. The highest BCUT2D eigenvalue weighted by atomic mass is 14.1. The van der Waals surface area contributed by atoms with Gasteiger partial charge in [-0.3, -0.25) is 0 Å². The van der Waals surface area contributed by atoms with Crippen LogP contribution in [-0.2, 0) is 6.42 Å². The molecule has 0 saturated carbocycles. The zero-order chi connectivity index (χ0) is 9.14. The summed E-state index contributed by atoms with van der Waals surface area (Å²) >= 11 is 0. The van der Waals surface area contributed by atoms with E-state index in [-0.39, 0.29) is 0 Å². The Hall–Kier alpha value is -0.780. The van der Waals surface area contributed by atoms with Crippen molar-refractivity contribution in [3.8, 4) is 0 Å². The third-order valence-corrected chi connectivity index (χ3v) is 2.17. The van der Waals surface area contributed by atoms with Crippen LogP contribution in [0, 0.1) is 19.8 Å². The summed E-state index contributed by atoms with van der Waals surface area (Å²) in [6.45, 7) is 8.74. The summed E-state index contributed by atoms with van der Waals surface area (Å²) in [4.78, 5) is 0. The molecule has 0 N–H and O–H groups in total. The van der Waals surface area contributed by atoms with E-state index in [1.54, 1.807) is 0 Å². The van der Waals surface area contributed by atoms with Crippen molar-refractivity contribution >= 4 is 0 Å². The van der Waals surface area contributed by atoms with Crippen molar-refractivity contribution in [2.75, 3.05) is 0 Å². The standard InChI is InChI=1S/C12H17/c1-9(2)8-12-10(3)6-5-7-11(12)4/h5-7H,8H2,1-4H3. The summed E-state index contributed by atoms with van der Waals surface area (Å²) in [6.07, 6.45) is 1.12. The lowest BCUT2D eigenvalue weighted by Gasteiger charge is -2.10. The smallest absolute Gasteiger partial charge is 0.0217 e. The van der Waals surface area contributed by atoms with Crippen LogP contribution in [0.15, 0.2) is 18.2 Å². The fourth-order valence-electron chi connectivity index (χ4n) is 1.48. The van der Waals surface area contributed by atoms with Gasteiger partial charge in [0.1, 0.15) is 0 Å². The first-order valence-electron chi connectivity index (χ1n) is 4.45. The fraction of sp³-hybridized carbons (Fsp3) is 0.417. The highest BCUT2D eigenvalue weighted by molar-refractivity contribution is 5.35. The Balaban J connectivity index is 2.96. The predicted octanol–water partition coefficient (Wildman–Crippen LogP) is 3.46. The average Bonchev–Trinajstić information content (AvgIpc) is 1.97. The van der Waals surface area contributed by atoms with Crippen molar-refractivity contribution in [2.24, 2.45) is 0 Å². The summed E-state index contributed by atoms with van der Waals surface area (Å²) in [6, 6.07) is 6.50. The summed E-state index contributed by atoms with van der Waals surface area (Å²) in [5, 5.41) is 0. The molecule has 65 valence electrons. The molecule has 0 nitrogen and oxygen atoms in total. The van der Waals surface area contributed by atoms with Gasteiger partial charge in [0.2, 0.25) is 0 Å². The topological polar surface area (TPSA) is 0 Å². The zero-order valence-electron chi connectivity index (χ0n) is 8.44. The fourth-order valence-corrected chi connectivity index (χ4v) is 1.48. The lowest BCUT2D eigenvalue weighted by molar-refractivity contribution is 0.937. The third kappa shape index (κ3) is 2.10. The number of aryl methyl sites for hydroxylation is 2. The van der Waals surface area contributed by atoms with Gasteiger partial charge < -0.3 is 0 Å². The van der Waals surface area contributed by atoms with Crippen LogP contribution in [0.2, 0.25) is 0 Å². The van der Waals surface area contributed by atoms with Crippen molar-refractivity contribution in [3.05, 3.63) is 40.8 Å². The van der Waals surface area contributed by atoms with Crippen LogP contribution in [0.3, 0.4) is 0 Å². The maximum absolute atomic E-state index is 2.19. The summed E-state index contributed by atoms with van der Waals surface area (Å²) in [5.74, 6) is 1.48.